The van der Waals surface area contributed by atoms with Crippen LogP contribution in [0.1, 0.15) is 13.8 Å². The Balaban J connectivity index is 2.60. The molecule has 19 heavy (non-hydrogen) atoms. The standard InChI is InChI=1S/C10H12F2N4O2S/c1-6(10(2,11)12)9-15-19(17,18)8-5-14-4-3-7(8)16(9)13/h3-6H,13H2,1-2H3. The third-order valence-corrected chi connectivity index (χ3v) is 4.21. The average molecular weight is 290 g/mol. The van der Waals surface area contributed by atoms with Crippen molar-refractivity contribution in [3.63, 3.8) is 0 Å². The number of pyridine rings is 1. The molecule has 0 aliphatic carbocycles. The van der Waals surface area contributed by atoms with Crippen molar-refractivity contribution < 1.29 is 17.2 Å². The van der Waals surface area contributed by atoms with Crippen LogP contribution in [-0.4, -0.2) is 25.2 Å². The molecule has 1 atom stereocenters. The molecule has 0 bridgehead atoms. The van der Waals surface area contributed by atoms with Gasteiger partial charge in [-0.3, -0.25) is 9.99 Å². The fourth-order valence-electron chi connectivity index (χ4n) is 1.62. The van der Waals surface area contributed by atoms with Gasteiger partial charge in [-0.25, -0.2) is 14.6 Å². The number of alkyl halides is 2. The summed E-state index contributed by atoms with van der Waals surface area (Å²) in [5.41, 5.74) is 0.0797. The minimum Gasteiger partial charge on any atom is -0.263 e. The maximum Gasteiger partial charge on any atom is 0.287 e. The Hall–Kier alpha value is -1.61. The van der Waals surface area contributed by atoms with Gasteiger partial charge in [-0.2, -0.15) is 8.42 Å². The highest BCUT2D eigenvalue weighted by molar-refractivity contribution is 7.90. The van der Waals surface area contributed by atoms with E-state index in [2.05, 4.69) is 9.38 Å². The van der Waals surface area contributed by atoms with Crippen LogP contribution >= 0.6 is 0 Å². The van der Waals surface area contributed by atoms with E-state index in [0.717, 1.165) is 11.2 Å². The summed E-state index contributed by atoms with van der Waals surface area (Å²) in [7, 11) is -4.06. The van der Waals surface area contributed by atoms with Crippen LogP contribution in [0.3, 0.4) is 0 Å². The number of anilines is 1. The second-order valence-corrected chi connectivity index (χ2v) is 5.89. The van der Waals surface area contributed by atoms with Crippen LogP contribution in [-0.2, 0) is 10.0 Å². The van der Waals surface area contributed by atoms with Crippen molar-refractivity contribution in [2.24, 2.45) is 16.2 Å². The number of sulfonamides is 1. The Kier molecular flexibility index (Phi) is 3.06. The minimum absolute atomic E-state index is 0.0797. The summed E-state index contributed by atoms with van der Waals surface area (Å²) >= 11 is 0. The molecule has 104 valence electrons. The van der Waals surface area contributed by atoms with Gasteiger partial charge < -0.3 is 0 Å². The van der Waals surface area contributed by atoms with Crippen LogP contribution in [0, 0.1) is 5.92 Å². The zero-order chi connectivity index (χ0) is 14.4. The molecule has 2 N–H and O–H groups in total. The summed E-state index contributed by atoms with van der Waals surface area (Å²) in [6.45, 7) is 1.85. The summed E-state index contributed by atoms with van der Waals surface area (Å²) in [4.78, 5) is 3.47. The Morgan fingerprint density at radius 2 is 2.11 bits per heavy atom. The number of nitrogens with two attached hydrogens (primary N) is 1. The largest absolute Gasteiger partial charge is 0.287 e. The number of fused-ring (bicyclic) bond motifs is 1. The molecule has 6 nitrogen and oxygen atoms in total. The van der Waals surface area contributed by atoms with Crippen molar-refractivity contribution in [3.8, 4) is 0 Å². The summed E-state index contributed by atoms with van der Waals surface area (Å²) in [5, 5.41) is 0.861. The van der Waals surface area contributed by atoms with Crippen molar-refractivity contribution in [1.29, 1.82) is 0 Å². The molecule has 1 aliphatic heterocycles. The highest BCUT2D eigenvalue weighted by Crippen LogP contribution is 2.34. The smallest absolute Gasteiger partial charge is 0.263 e. The Morgan fingerprint density at radius 1 is 1.47 bits per heavy atom. The molecular formula is C10H12F2N4O2S. The van der Waals surface area contributed by atoms with E-state index in [1.165, 1.54) is 19.2 Å². The van der Waals surface area contributed by atoms with E-state index in [0.29, 0.717) is 6.92 Å². The summed E-state index contributed by atoms with van der Waals surface area (Å²) in [6, 6.07) is 1.34. The third-order valence-electron chi connectivity index (χ3n) is 2.91. The molecule has 1 aromatic heterocycles. The van der Waals surface area contributed by atoms with E-state index < -0.39 is 27.7 Å². The lowest BCUT2D eigenvalue weighted by atomic mass is 10.0. The van der Waals surface area contributed by atoms with Crippen LogP contribution in [0.4, 0.5) is 14.5 Å². The fourth-order valence-corrected chi connectivity index (χ4v) is 2.84. The zero-order valence-electron chi connectivity index (χ0n) is 10.2. The van der Waals surface area contributed by atoms with Gasteiger partial charge in [-0.15, -0.1) is 4.40 Å². The number of hydrogen-bond donors (Lipinski definition) is 1. The summed E-state index contributed by atoms with van der Waals surface area (Å²) in [6.07, 6.45) is 2.41. The minimum atomic E-state index is -4.06. The van der Waals surface area contributed by atoms with E-state index in [1.807, 2.05) is 0 Å². The number of rotatable bonds is 2. The maximum absolute atomic E-state index is 13.3. The topological polar surface area (TPSA) is 88.7 Å². The zero-order valence-corrected chi connectivity index (χ0v) is 11.0. The average Bonchev–Trinajstić information content (AvgIpc) is 2.32. The molecule has 0 radical (unpaired) electrons. The lowest BCUT2D eigenvalue weighted by molar-refractivity contribution is -0.00757. The van der Waals surface area contributed by atoms with Gasteiger partial charge >= 0.3 is 0 Å². The summed E-state index contributed by atoms with van der Waals surface area (Å²) in [5.74, 6) is 0.710. The lowest BCUT2D eigenvalue weighted by Gasteiger charge is -2.31. The molecule has 0 saturated carbocycles. The van der Waals surface area contributed by atoms with Crippen molar-refractivity contribution in [3.05, 3.63) is 18.5 Å². The molecule has 0 saturated heterocycles. The van der Waals surface area contributed by atoms with Gasteiger partial charge in [0.15, 0.2) is 0 Å². The lowest BCUT2D eigenvalue weighted by Crippen LogP contribution is -2.48. The number of nitrogens with zero attached hydrogens (tertiary/aromatic N) is 3. The van der Waals surface area contributed by atoms with Crippen LogP contribution in [0.25, 0.3) is 0 Å². The molecule has 0 fully saturated rings. The van der Waals surface area contributed by atoms with E-state index in [-0.39, 0.29) is 10.6 Å². The highest BCUT2D eigenvalue weighted by atomic mass is 32.2. The molecule has 2 heterocycles. The van der Waals surface area contributed by atoms with E-state index >= 15 is 0 Å². The second-order valence-electron chi connectivity index (χ2n) is 4.32. The number of amidine groups is 1. The number of halogens is 2. The molecule has 1 aliphatic rings. The van der Waals surface area contributed by atoms with E-state index in [4.69, 9.17) is 5.84 Å². The van der Waals surface area contributed by atoms with Gasteiger partial charge in [0.25, 0.3) is 15.9 Å². The predicted octanol–water partition coefficient (Wildman–Crippen LogP) is 1.15. The molecule has 0 aromatic carbocycles. The Labute approximate surface area is 109 Å². The highest BCUT2D eigenvalue weighted by Gasteiger charge is 2.41. The number of aromatic nitrogens is 1. The molecule has 0 amide bonds. The van der Waals surface area contributed by atoms with Gasteiger partial charge in [0.1, 0.15) is 10.7 Å². The van der Waals surface area contributed by atoms with Crippen molar-refractivity contribution in [2.75, 3.05) is 5.01 Å². The first kappa shape index (κ1) is 13.8. The van der Waals surface area contributed by atoms with E-state index in [9.17, 15) is 17.2 Å². The van der Waals surface area contributed by atoms with Crippen molar-refractivity contribution in [1.82, 2.24) is 4.98 Å². The van der Waals surface area contributed by atoms with Crippen molar-refractivity contribution in [2.45, 2.75) is 24.7 Å². The summed E-state index contributed by atoms with van der Waals surface area (Å²) < 4.78 is 53.8. The fraction of sp³-hybridized carbons (Fsp3) is 0.400. The van der Waals surface area contributed by atoms with Crippen LogP contribution in [0.2, 0.25) is 0 Å². The molecule has 0 spiro atoms. The molecule has 1 unspecified atom stereocenters. The SMILES string of the molecule is CC(C1=NS(=O)(=O)c2cnccc2N1N)C(C)(F)F. The molecule has 2 rings (SSSR count). The molecular weight excluding hydrogens is 278 g/mol. The van der Waals surface area contributed by atoms with Gasteiger partial charge in [0.2, 0.25) is 0 Å². The molecule has 1 aromatic rings. The molecule has 9 heteroatoms. The van der Waals surface area contributed by atoms with Gasteiger partial charge in [-0.05, 0) is 13.0 Å². The van der Waals surface area contributed by atoms with E-state index in [1.54, 1.807) is 0 Å². The predicted molar refractivity (Wildman–Crippen MR) is 65.3 cm³/mol. The first-order valence-electron chi connectivity index (χ1n) is 5.36. The quantitative estimate of drug-likeness (QED) is 0.825. The van der Waals surface area contributed by atoms with Crippen LogP contribution in [0.5, 0.6) is 0 Å². The first-order valence-corrected chi connectivity index (χ1v) is 6.80. The Morgan fingerprint density at radius 3 is 2.68 bits per heavy atom. The van der Waals surface area contributed by atoms with Crippen LogP contribution in [0.15, 0.2) is 27.8 Å². The first-order chi connectivity index (χ1) is 8.64. The second kappa shape index (κ2) is 4.20. The third kappa shape index (κ3) is 2.30. The Bertz CT molecular complexity index is 639. The van der Waals surface area contributed by atoms with Gasteiger partial charge in [0, 0.05) is 19.3 Å². The van der Waals surface area contributed by atoms with Crippen LogP contribution < -0.4 is 10.9 Å². The van der Waals surface area contributed by atoms with Crippen molar-refractivity contribution >= 4 is 21.5 Å². The number of hydrogen-bond acceptors (Lipinski definition) is 5. The number of hydrazine groups is 1. The monoisotopic (exact) mass is 290 g/mol. The van der Waals surface area contributed by atoms with Gasteiger partial charge in [0.05, 0.1) is 11.6 Å². The van der Waals surface area contributed by atoms with Gasteiger partial charge in [-0.1, -0.05) is 0 Å². The normalized spacial score (nSPS) is 19.6. The maximum atomic E-state index is 13.3.